The Balaban J connectivity index is 1.81. The molecule has 0 unspecified atom stereocenters. The van der Waals surface area contributed by atoms with Crippen LogP contribution in [0.5, 0.6) is 0 Å². The van der Waals surface area contributed by atoms with Gasteiger partial charge in [-0.2, -0.15) is 0 Å². The third kappa shape index (κ3) is 4.07. The first-order valence-corrected chi connectivity index (χ1v) is 7.20. The van der Waals surface area contributed by atoms with Gasteiger partial charge in [0.05, 0.1) is 4.88 Å². The van der Waals surface area contributed by atoms with E-state index in [1.165, 1.54) is 11.8 Å². The molecule has 0 saturated heterocycles. The second kappa shape index (κ2) is 6.34. The molecular formula is C10H11N5O2S2. The Morgan fingerprint density at radius 3 is 3.05 bits per heavy atom. The fourth-order valence-electron chi connectivity index (χ4n) is 1.27. The van der Waals surface area contributed by atoms with E-state index in [-0.39, 0.29) is 6.42 Å². The van der Waals surface area contributed by atoms with Gasteiger partial charge < -0.3 is 5.73 Å². The predicted octanol–water partition coefficient (Wildman–Crippen LogP) is 1.21. The number of thioether (sulfide) groups is 1. The average molecular weight is 297 g/mol. The molecule has 0 aromatic carbocycles. The predicted molar refractivity (Wildman–Crippen MR) is 72.8 cm³/mol. The van der Waals surface area contributed by atoms with Gasteiger partial charge in [0.2, 0.25) is 11.1 Å². The first-order chi connectivity index (χ1) is 9.15. The quantitative estimate of drug-likeness (QED) is 0.718. The first kappa shape index (κ1) is 13.6. The van der Waals surface area contributed by atoms with Gasteiger partial charge in [-0.3, -0.25) is 15.2 Å². The zero-order valence-corrected chi connectivity index (χ0v) is 11.4. The Bertz CT molecular complexity index is 566. The molecule has 9 heteroatoms. The number of carbonyl (C=O) groups is 2. The Hall–Kier alpha value is -1.87. The molecule has 2 aromatic heterocycles. The normalized spacial score (nSPS) is 10.3. The smallest absolute Gasteiger partial charge is 0.318 e. The van der Waals surface area contributed by atoms with Crippen LogP contribution < -0.4 is 11.1 Å². The van der Waals surface area contributed by atoms with Gasteiger partial charge in [0, 0.05) is 12.2 Å². The molecule has 0 atom stereocenters. The lowest BCUT2D eigenvalue weighted by atomic mass is 10.4. The van der Waals surface area contributed by atoms with Crippen LogP contribution in [0.2, 0.25) is 0 Å². The molecule has 0 aliphatic heterocycles. The van der Waals surface area contributed by atoms with Crippen molar-refractivity contribution in [1.82, 2.24) is 20.5 Å². The monoisotopic (exact) mass is 297 g/mol. The number of urea groups is 1. The maximum atomic E-state index is 11.2. The molecule has 2 rings (SSSR count). The third-order valence-electron chi connectivity index (χ3n) is 2.04. The van der Waals surface area contributed by atoms with Crippen LogP contribution in [0.3, 0.4) is 0 Å². The highest BCUT2D eigenvalue weighted by Gasteiger charge is 2.08. The molecule has 19 heavy (non-hydrogen) atoms. The van der Waals surface area contributed by atoms with Crippen LogP contribution in [0.4, 0.5) is 4.79 Å². The number of rotatable bonds is 5. The number of amides is 3. The number of nitrogens with zero attached hydrogens (tertiary/aromatic N) is 2. The fraction of sp³-hybridized carbons (Fsp3) is 0.200. The van der Waals surface area contributed by atoms with Gasteiger partial charge in [0.25, 0.3) is 0 Å². The zero-order valence-electron chi connectivity index (χ0n) is 9.75. The van der Waals surface area contributed by atoms with Gasteiger partial charge in [-0.1, -0.05) is 17.8 Å². The maximum Gasteiger partial charge on any atom is 0.318 e. The van der Waals surface area contributed by atoms with Crippen molar-refractivity contribution >= 4 is 35.0 Å². The molecule has 2 aromatic rings. The molecule has 0 aliphatic rings. The van der Waals surface area contributed by atoms with Crippen LogP contribution in [-0.4, -0.2) is 32.9 Å². The zero-order chi connectivity index (χ0) is 13.7. The number of hydrogen-bond acceptors (Lipinski definition) is 6. The Morgan fingerprint density at radius 1 is 1.53 bits per heavy atom. The van der Waals surface area contributed by atoms with Crippen molar-refractivity contribution in [2.24, 2.45) is 5.73 Å². The van der Waals surface area contributed by atoms with Gasteiger partial charge in [-0.25, -0.2) is 9.78 Å². The van der Waals surface area contributed by atoms with E-state index < -0.39 is 11.9 Å². The van der Waals surface area contributed by atoms with E-state index >= 15 is 0 Å². The highest BCUT2D eigenvalue weighted by molar-refractivity contribution is 7.99. The van der Waals surface area contributed by atoms with Crippen molar-refractivity contribution in [2.45, 2.75) is 11.6 Å². The number of imide groups is 1. The minimum atomic E-state index is -0.840. The van der Waals surface area contributed by atoms with Gasteiger partial charge in [0.1, 0.15) is 0 Å². The van der Waals surface area contributed by atoms with E-state index in [9.17, 15) is 9.59 Å². The van der Waals surface area contributed by atoms with Crippen LogP contribution in [0, 0.1) is 0 Å². The highest BCUT2D eigenvalue weighted by Crippen LogP contribution is 2.23. The van der Waals surface area contributed by atoms with Crippen LogP contribution in [0.25, 0.3) is 10.7 Å². The van der Waals surface area contributed by atoms with E-state index in [0.29, 0.717) is 16.7 Å². The molecule has 0 radical (unpaired) electrons. The number of primary amides is 1. The summed E-state index contributed by atoms with van der Waals surface area (Å²) < 4.78 is 0. The van der Waals surface area contributed by atoms with E-state index in [1.807, 2.05) is 22.8 Å². The van der Waals surface area contributed by atoms with Crippen LogP contribution in [-0.2, 0) is 4.79 Å². The number of nitrogens with two attached hydrogens (primary N) is 1. The summed E-state index contributed by atoms with van der Waals surface area (Å²) in [6.07, 6.45) is 0.177. The van der Waals surface area contributed by atoms with Crippen LogP contribution in [0.15, 0.2) is 22.7 Å². The van der Waals surface area contributed by atoms with Crippen molar-refractivity contribution < 1.29 is 9.59 Å². The summed E-state index contributed by atoms with van der Waals surface area (Å²) in [5, 5.41) is 11.4. The lowest BCUT2D eigenvalue weighted by Gasteiger charge is -1.98. The number of H-pyrrole nitrogens is 1. The Labute approximate surface area is 117 Å². The number of aromatic amines is 1. The molecule has 7 nitrogen and oxygen atoms in total. The van der Waals surface area contributed by atoms with Crippen molar-refractivity contribution in [2.75, 3.05) is 5.75 Å². The number of thiophene rings is 1. The number of hydrogen-bond donors (Lipinski definition) is 3. The molecule has 100 valence electrons. The highest BCUT2D eigenvalue weighted by atomic mass is 32.2. The van der Waals surface area contributed by atoms with Crippen LogP contribution in [0.1, 0.15) is 6.42 Å². The minimum Gasteiger partial charge on any atom is -0.351 e. The van der Waals surface area contributed by atoms with Crippen molar-refractivity contribution in [3.63, 3.8) is 0 Å². The summed E-state index contributed by atoms with van der Waals surface area (Å²) in [6, 6.07) is 3.04. The third-order valence-corrected chi connectivity index (χ3v) is 3.77. The van der Waals surface area contributed by atoms with Crippen molar-refractivity contribution in [3.8, 4) is 10.7 Å². The number of nitrogens with one attached hydrogen (secondary N) is 2. The van der Waals surface area contributed by atoms with Crippen molar-refractivity contribution in [3.05, 3.63) is 17.5 Å². The summed E-state index contributed by atoms with van der Waals surface area (Å²) in [7, 11) is 0. The SMILES string of the molecule is NC(=O)NC(=O)CCSc1n[nH]c(-c2cccs2)n1. The first-order valence-electron chi connectivity index (χ1n) is 5.33. The molecule has 0 spiro atoms. The summed E-state index contributed by atoms with van der Waals surface area (Å²) >= 11 is 2.90. The van der Waals surface area contributed by atoms with Crippen molar-refractivity contribution in [1.29, 1.82) is 0 Å². The average Bonchev–Trinajstić information content (AvgIpc) is 2.97. The van der Waals surface area contributed by atoms with E-state index in [1.54, 1.807) is 11.3 Å². The standard InChI is InChI=1S/C10H11N5O2S2/c11-9(17)12-7(16)3-5-19-10-13-8(14-15-10)6-2-1-4-18-6/h1-2,4H,3,5H2,(H,13,14,15)(H3,11,12,16,17). The van der Waals surface area contributed by atoms with Gasteiger partial charge >= 0.3 is 6.03 Å². The Morgan fingerprint density at radius 2 is 2.37 bits per heavy atom. The lowest BCUT2D eigenvalue weighted by Crippen LogP contribution is -2.35. The minimum absolute atomic E-state index is 0.177. The fourth-order valence-corrected chi connectivity index (χ4v) is 2.67. The summed E-state index contributed by atoms with van der Waals surface area (Å²) in [5.41, 5.74) is 4.83. The molecule has 0 aliphatic carbocycles. The summed E-state index contributed by atoms with van der Waals surface area (Å²) in [5.74, 6) is 0.772. The second-order valence-corrected chi connectivity index (χ2v) is 5.46. The van der Waals surface area contributed by atoms with Gasteiger partial charge in [0.15, 0.2) is 5.82 Å². The molecule has 2 heterocycles. The van der Waals surface area contributed by atoms with Crippen LogP contribution >= 0.6 is 23.1 Å². The molecule has 3 amide bonds. The van der Waals surface area contributed by atoms with E-state index in [4.69, 9.17) is 5.73 Å². The largest absolute Gasteiger partial charge is 0.351 e. The molecule has 0 fully saturated rings. The number of carbonyl (C=O) groups excluding carboxylic acids is 2. The number of aromatic nitrogens is 3. The maximum absolute atomic E-state index is 11.2. The van der Waals surface area contributed by atoms with Gasteiger partial charge in [-0.05, 0) is 11.4 Å². The topological polar surface area (TPSA) is 114 Å². The lowest BCUT2D eigenvalue weighted by molar-refractivity contribution is -0.119. The summed E-state index contributed by atoms with van der Waals surface area (Å²) in [4.78, 5) is 26.9. The molecule has 0 bridgehead atoms. The molecule has 0 saturated carbocycles. The van der Waals surface area contributed by atoms with E-state index in [0.717, 1.165) is 4.88 Å². The molecule has 4 N–H and O–H groups in total. The van der Waals surface area contributed by atoms with E-state index in [2.05, 4.69) is 15.2 Å². The second-order valence-electron chi connectivity index (χ2n) is 3.45. The molecular weight excluding hydrogens is 286 g/mol. The Kier molecular flexibility index (Phi) is 4.53. The summed E-state index contributed by atoms with van der Waals surface area (Å²) in [6.45, 7) is 0. The van der Waals surface area contributed by atoms with Gasteiger partial charge in [-0.15, -0.1) is 16.4 Å².